The van der Waals surface area contributed by atoms with Crippen molar-refractivity contribution in [3.63, 3.8) is 0 Å². The van der Waals surface area contributed by atoms with Crippen LogP contribution in [-0.4, -0.2) is 19.4 Å². The van der Waals surface area contributed by atoms with Crippen molar-refractivity contribution < 1.29 is 0 Å². The fourth-order valence-corrected chi connectivity index (χ4v) is 3.14. The summed E-state index contributed by atoms with van der Waals surface area (Å²) in [6.45, 7) is 0. The maximum absolute atomic E-state index is 12.4. The number of hydrogen-bond donors (Lipinski definition) is 1. The molecule has 3 heterocycles. The van der Waals surface area contributed by atoms with E-state index >= 15 is 0 Å². The van der Waals surface area contributed by atoms with Crippen LogP contribution in [0.4, 0.5) is 0 Å². The summed E-state index contributed by atoms with van der Waals surface area (Å²) < 4.78 is 1.80. The minimum Gasteiger partial charge on any atom is -0.306 e. The van der Waals surface area contributed by atoms with Gasteiger partial charge in [0.15, 0.2) is 5.65 Å². The molecule has 0 radical (unpaired) electrons. The number of hydrogen-bond acceptors (Lipinski definition) is 4. The highest BCUT2D eigenvalue weighted by molar-refractivity contribution is 5.97. The summed E-state index contributed by atoms with van der Waals surface area (Å²) in [7, 11) is 0. The molecule has 112 valence electrons. The molecule has 24 heavy (non-hydrogen) atoms. The molecular weight excluding hydrogens is 302 g/mol. The van der Waals surface area contributed by atoms with Gasteiger partial charge < -0.3 is 4.98 Å². The molecule has 2 aromatic carbocycles. The molecule has 0 unspecified atom stereocenters. The van der Waals surface area contributed by atoms with Crippen LogP contribution >= 0.6 is 0 Å². The number of nitrogens with zero attached hydrogens (tertiary/aromatic N) is 4. The molecule has 0 amide bonds. The first kappa shape index (κ1) is 12.8. The van der Waals surface area contributed by atoms with Gasteiger partial charge in [-0.05, 0) is 24.3 Å². The van der Waals surface area contributed by atoms with Gasteiger partial charge in [0.05, 0.1) is 21.9 Å². The van der Waals surface area contributed by atoms with Crippen molar-refractivity contribution in [1.82, 2.24) is 19.4 Å². The molecule has 1 N–H and O–H groups in total. The topological polar surface area (TPSA) is 86.8 Å². The van der Waals surface area contributed by atoms with Crippen LogP contribution in [0.15, 0.2) is 53.3 Å². The molecule has 0 aliphatic carbocycles. The zero-order valence-corrected chi connectivity index (χ0v) is 12.3. The van der Waals surface area contributed by atoms with Crippen molar-refractivity contribution in [2.24, 2.45) is 0 Å². The first-order valence-corrected chi connectivity index (χ1v) is 7.40. The Balaban J connectivity index is 2.18. The minimum atomic E-state index is -0.234. The van der Waals surface area contributed by atoms with Crippen molar-refractivity contribution >= 4 is 38.7 Å². The summed E-state index contributed by atoms with van der Waals surface area (Å²) in [4.78, 5) is 24.4. The average molecular weight is 311 g/mol. The maximum Gasteiger partial charge on any atom is 0.258 e. The van der Waals surface area contributed by atoms with E-state index in [1.165, 1.54) is 0 Å². The van der Waals surface area contributed by atoms with Gasteiger partial charge in [0.25, 0.3) is 5.56 Å². The van der Waals surface area contributed by atoms with Gasteiger partial charge >= 0.3 is 0 Å². The molecule has 3 aromatic heterocycles. The lowest BCUT2D eigenvalue weighted by Gasteiger charge is -2.03. The molecule has 0 fully saturated rings. The predicted molar refractivity (Wildman–Crippen MR) is 90.8 cm³/mol. The summed E-state index contributed by atoms with van der Waals surface area (Å²) in [5, 5.41) is 10.1. The number of benzene rings is 2. The number of aromatic nitrogens is 4. The maximum atomic E-state index is 12.4. The Bertz CT molecular complexity index is 1390. The molecule has 6 nitrogen and oxygen atoms in total. The standard InChI is InChI=1S/C18H9N5O/c19-9-11-15-17(21-13-7-3-2-6-12(13)20-15)23-14-8-4-1-5-10(14)18(24)22-16(11)23/h1-8H,(H,22,24). The monoisotopic (exact) mass is 311 g/mol. The predicted octanol–water partition coefficient (Wildman–Crippen LogP) is 2.75. The van der Waals surface area contributed by atoms with E-state index in [4.69, 9.17) is 0 Å². The summed E-state index contributed by atoms with van der Waals surface area (Å²) in [5.74, 6) is 0. The van der Waals surface area contributed by atoms with Gasteiger partial charge in [0.2, 0.25) is 0 Å². The fourth-order valence-electron chi connectivity index (χ4n) is 3.14. The van der Waals surface area contributed by atoms with Crippen LogP contribution < -0.4 is 5.56 Å². The SMILES string of the molecule is N#Cc1c2nc3ccccc3nc2n2c1[nH]c(=O)c1ccccc12. The Hall–Kier alpha value is -3.72. The number of nitrogens with one attached hydrogen (secondary N) is 1. The number of nitriles is 1. The molecular formula is C18H9N5O. The first-order chi connectivity index (χ1) is 11.8. The van der Waals surface area contributed by atoms with E-state index in [-0.39, 0.29) is 5.56 Å². The van der Waals surface area contributed by atoms with Gasteiger partial charge in [-0.3, -0.25) is 9.20 Å². The van der Waals surface area contributed by atoms with Crippen LogP contribution in [0.1, 0.15) is 5.56 Å². The highest BCUT2D eigenvalue weighted by Crippen LogP contribution is 2.26. The minimum absolute atomic E-state index is 0.234. The fraction of sp³-hybridized carbons (Fsp3) is 0. The lowest BCUT2D eigenvalue weighted by Crippen LogP contribution is -2.09. The largest absolute Gasteiger partial charge is 0.306 e. The van der Waals surface area contributed by atoms with Crippen LogP contribution in [0.3, 0.4) is 0 Å². The zero-order valence-electron chi connectivity index (χ0n) is 12.3. The number of para-hydroxylation sites is 3. The summed E-state index contributed by atoms with van der Waals surface area (Å²) in [5.41, 5.74) is 3.72. The van der Waals surface area contributed by atoms with Crippen LogP contribution in [0.5, 0.6) is 0 Å². The van der Waals surface area contributed by atoms with E-state index in [9.17, 15) is 10.1 Å². The zero-order chi connectivity index (χ0) is 16.3. The highest BCUT2D eigenvalue weighted by atomic mass is 16.1. The van der Waals surface area contributed by atoms with Gasteiger partial charge in [-0.2, -0.15) is 5.26 Å². The van der Waals surface area contributed by atoms with E-state index in [0.29, 0.717) is 38.8 Å². The van der Waals surface area contributed by atoms with Crippen LogP contribution in [0.25, 0.3) is 38.7 Å². The molecule has 0 saturated heterocycles. The van der Waals surface area contributed by atoms with Crippen LogP contribution in [0.2, 0.25) is 0 Å². The number of aromatic amines is 1. The van der Waals surface area contributed by atoms with Crippen molar-refractivity contribution in [3.05, 3.63) is 64.4 Å². The third kappa shape index (κ3) is 1.50. The van der Waals surface area contributed by atoms with E-state index in [0.717, 1.165) is 5.52 Å². The molecule has 0 atom stereocenters. The summed E-state index contributed by atoms with van der Waals surface area (Å²) in [6, 6.07) is 16.9. The number of fused-ring (bicyclic) bond motifs is 6. The molecule has 0 bridgehead atoms. The van der Waals surface area contributed by atoms with Gasteiger partial charge in [0, 0.05) is 0 Å². The lowest BCUT2D eigenvalue weighted by molar-refractivity contribution is 1.17. The van der Waals surface area contributed by atoms with Crippen molar-refractivity contribution in [2.45, 2.75) is 0 Å². The number of H-pyrrole nitrogens is 1. The van der Waals surface area contributed by atoms with E-state index < -0.39 is 0 Å². The Morgan fingerprint density at radius 3 is 2.50 bits per heavy atom. The summed E-state index contributed by atoms with van der Waals surface area (Å²) >= 11 is 0. The van der Waals surface area contributed by atoms with Gasteiger partial charge in [-0.1, -0.05) is 24.3 Å². The van der Waals surface area contributed by atoms with Crippen molar-refractivity contribution in [2.75, 3.05) is 0 Å². The average Bonchev–Trinajstić information content (AvgIpc) is 2.92. The third-order valence-corrected chi connectivity index (χ3v) is 4.19. The normalized spacial score (nSPS) is 11.5. The van der Waals surface area contributed by atoms with Gasteiger partial charge in [0.1, 0.15) is 22.8 Å². The molecule has 5 rings (SSSR count). The van der Waals surface area contributed by atoms with Crippen LogP contribution in [-0.2, 0) is 0 Å². The van der Waals surface area contributed by atoms with Crippen LogP contribution in [0, 0.1) is 11.3 Å². The van der Waals surface area contributed by atoms with Crippen molar-refractivity contribution in [1.29, 1.82) is 5.26 Å². The third-order valence-electron chi connectivity index (χ3n) is 4.19. The Morgan fingerprint density at radius 1 is 1.00 bits per heavy atom. The summed E-state index contributed by atoms with van der Waals surface area (Å²) in [6.07, 6.45) is 0. The van der Waals surface area contributed by atoms with E-state index in [2.05, 4.69) is 21.0 Å². The second kappa shape index (κ2) is 4.40. The second-order valence-electron chi connectivity index (χ2n) is 5.53. The molecule has 0 aliphatic rings. The Morgan fingerprint density at radius 2 is 1.71 bits per heavy atom. The Kier molecular flexibility index (Phi) is 2.34. The van der Waals surface area contributed by atoms with Gasteiger partial charge in [-0.25, -0.2) is 9.97 Å². The quantitative estimate of drug-likeness (QED) is 0.476. The molecule has 5 aromatic rings. The second-order valence-corrected chi connectivity index (χ2v) is 5.53. The molecule has 6 heteroatoms. The highest BCUT2D eigenvalue weighted by Gasteiger charge is 2.18. The molecule has 0 spiro atoms. The van der Waals surface area contributed by atoms with Gasteiger partial charge in [-0.15, -0.1) is 0 Å². The number of rotatable bonds is 0. The Labute approximate surface area is 134 Å². The van der Waals surface area contributed by atoms with Crippen molar-refractivity contribution in [3.8, 4) is 6.07 Å². The van der Waals surface area contributed by atoms with E-state index in [1.807, 2.05) is 36.4 Å². The first-order valence-electron chi connectivity index (χ1n) is 7.40. The molecule has 0 aliphatic heterocycles. The van der Waals surface area contributed by atoms with E-state index in [1.54, 1.807) is 16.5 Å². The smallest absolute Gasteiger partial charge is 0.258 e. The lowest BCUT2D eigenvalue weighted by atomic mass is 10.2. The molecule has 0 saturated carbocycles.